The molecule has 0 radical (unpaired) electrons. The van der Waals surface area contributed by atoms with Crippen LogP contribution in [-0.2, 0) is 6.54 Å². The number of anilines is 1. The van der Waals surface area contributed by atoms with Gasteiger partial charge in [-0.15, -0.1) is 0 Å². The molecule has 1 saturated carbocycles. The molecule has 4 heteroatoms. The fourth-order valence-corrected chi connectivity index (χ4v) is 4.25. The van der Waals surface area contributed by atoms with Crippen molar-refractivity contribution in [3.8, 4) is 0 Å². The molecule has 132 valence electrons. The average molecular weight is 336 g/mol. The van der Waals surface area contributed by atoms with Crippen molar-refractivity contribution < 1.29 is 0 Å². The van der Waals surface area contributed by atoms with Gasteiger partial charge in [-0.1, -0.05) is 25.0 Å². The molecule has 0 bridgehead atoms. The van der Waals surface area contributed by atoms with Crippen molar-refractivity contribution >= 4 is 5.82 Å². The number of rotatable bonds is 6. The second-order valence-corrected chi connectivity index (χ2v) is 7.38. The Labute approximate surface area is 150 Å². The van der Waals surface area contributed by atoms with Crippen molar-refractivity contribution in [2.24, 2.45) is 5.92 Å². The highest BCUT2D eigenvalue weighted by atomic mass is 15.2. The summed E-state index contributed by atoms with van der Waals surface area (Å²) in [4.78, 5) is 11.7. The third-order valence-electron chi connectivity index (χ3n) is 5.64. The Hall–Kier alpha value is -1.94. The fourth-order valence-electron chi connectivity index (χ4n) is 4.25. The van der Waals surface area contributed by atoms with Crippen molar-refractivity contribution in [2.45, 2.75) is 51.1 Å². The summed E-state index contributed by atoms with van der Waals surface area (Å²) < 4.78 is 0. The van der Waals surface area contributed by atoms with Crippen LogP contribution in [0.1, 0.15) is 55.8 Å². The highest BCUT2D eigenvalue weighted by molar-refractivity contribution is 5.40. The van der Waals surface area contributed by atoms with Gasteiger partial charge >= 0.3 is 0 Å². The van der Waals surface area contributed by atoms with Gasteiger partial charge in [-0.05, 0) is 55.4 Å². The largest absolute Gasteiger partial charge is 0.357 e. The van der Waals surface area contributed by atoms with Crippen molar-refractivity contribution in [2.75, 3.05) is 18.0 Å². The summed E-state index contributed by atoms with van der Waals surface area (Å²) in [5.41, 5.74) is 2.43. The van der Waals surface area contributed by atoms with Crippen LogP contribution in [0.2, 0.25) is 0 Å². The molecule has 0 amide bonds. The SMILES string of the molecule is c1ccc(C(NCc2ccc(N3CCCC3)nc2)C2CCCC2)nc1. The molecule has 3 heterocycles. The van der Waals surface area contributed by atoms with Crippen molar-refractivity contribution in [1.29, 1.82) is 0 Å². The lowest BCUT2D eigenvalue weighted by molar-refractivity contribution is 0.359. The third-order valence-corrected chi connectivity index (χ3v) is 5.64. The molecule has 2 aromatic rings. The first-order valence-corrected chi connectivity index (χ1v) is 9.74. The van der Waals surface area contributed by atoms with Crippen molar-refractivity contribution in [1.82, 2.24) is 15.3 Å². The smallest absolute Gasteiger partial charge is 0.128 e. The highest BCUT2D eigenvalue weighted by Gasteiger charge is 2.26. The normalized spacial score (nSPS) is 19.4. The molecular weight excluding hydrogens is 308 g/mol. The van der Waals surface area contributed by atoms with E-state index in [9.17, 15) is 0 Å². The number of hydrogen-bond acceptors (Lipinski definition) is 4. The first-order valence-electron chi connectivity index (χ1n) is 9.74. The number of aromatic nitrogens is 2. The van der Waals surface area contributed by atoms with E-state index in [0.717, 1.165) is 25.5 Å². The molecule has 0 aromatic carbocycles. The van der Waals surface area contributed by atoms with Gasteiger partial charge in [0, 0.05) is 32.0 Å². The summed E-state index contributed by atoms with van der Waals surface area (Å²) in [5, 5.41) is 3.77. The van der Waals surface area contributed by atoms with Gasteiger partial charge < -0.3 is 10.2 Å². The lowest BCUT2D eigenvalue weighted by Gasteiger charge is -2.24. The van der Waals surface area contributed by atoms with Crippen molar-refractivity contribution in [3.63, 3.8) is 0 Å². The summed E-state index contributed by atoms with van der Waals surface area (Å²) in [5.74, 6) is 1.82. The highest BCUT2D eigenvalue weighted by Crippen LogP contribution is 2.35. The van der Waals surface area contributed by atoms with E-state index in [-0.39, 0.29) is 0 Å². The summed E-state index contributed by atoms with van der Waals surface area (Å²) in [6, 6.07) is 11.0. The molecule has 2 aromatic heterocycles. The minimum atomic E-state index is 0.349. The Kier molecular flexibility index (Phi) is 5.26. The molecule has 2 aliphatic rings. The quantitative estimate of drug-likeness (QED) is 0.862. The van der Waals surface area contributed by atoms with Crippen molar-refractivity contribution in [3.05, 3.63) is 54.0 Å². The van der Waals surface area contributed by atoms with E-state index in [1.807, 2.05) is 18.5 Å². The Morgan fingerprint density at radius 2 is 1.84 bits per heavy atom. The van der Waals surface area contributed by atoms with Crippen LogP contribution in [0.3, 0.4) is 0 Å². The van der Waals surface area contributed by atoms with Crippen LogP contribution in [-0.4, -0.2) is 23.1 Å². The lowest BCUT2D eigenvalue weighted by Crippen LogP contribution is -2.27. The van der Waals surface area contributed by atoms with Gasteiger partial charge in [0.25, 0.3) is 0 Å². The standard InChI is InChI=1S/C21H28N4/c1-2-8-18(7-1)21(19-9-3-4-12-22-19)24-16-17-10-11-20(23-15-17)25-13-5-6-14-25/h3-4,9-12,15,18,21,24H,1-2,5-8,13-14,16H2. The summed E-state index contributed by atoms with van der Waals surface area (Å²) in [6.45, 7) is 3.15. The zero-order valence-corrected chi connectivity index (χ0v) is 14.9. The minimum absolute atomic E-state index is 0.349. The maximum atomic E-state index is 4.68. The van der Waals surface area contributed by atoms with Crippen LogP contribution in [0.15, 0.2) is 42.7 Å². The molecule has 1 saturated heterocycles. The molecular formula is C21H28N4. The molecule has 4 rings (SSSR count). The summed E-state index contributed by atoms with van der Waals surface area (Å²) in [6.07, 6.45) is 11.8. The number of hydrogen-bond donors (Lipinski definition) is 1. The third kappa shape index (κ3) is 4.01. The first kappa shape index (κ1) is 16.5. The first-order chi connectivity index (χ1) is 12.4. The van der Waals surface area contributed by atoms with Crippen LogP contribution >= 0.6 is 0 Å². The van der Waals surface area contributed by atoms with E-state index in [4.69, 9.17) is 0 Å². The Balaban J connectivity index is 1.42. The average Bonchev–Trinajstić information content (AvgIpc) is 3.38. The van der Waals surface area contributed by atoms with Gasteiger partial charge in [-0.3, -0.25) is 4.98 Å². The molecule has 1 aliphatic carbocycles. The minimum Gasteiger partial charge on any atom is -0.357 e. The van der Waals surface area contributed by atoms with Gasteiger partial charge in [-0.2, -0.15) is 0 Å². The zero-order valence-electron chi connectivity index (χ0n) is 14.9. The summed E-state index contributed by atoms with van der Waals surface area (Å²) >= 11 is 0. The van der Waals surface area contributed by atoms with Crippen LogP contribution < -0.4 is 10.2 Å². The van der Waals surface area contributed by atoms with E-state index >= 15 is 0 Å². The molecule has 1 unspecified atom stereocenters. The predicted molar refractivity (Wildman–Crippen MR) is 101 cm³/mol. The van der Waals surface area contributed by atoms with Gasteiger partial charge in [0.1, 0.15) is 5.82 Å². The molecule has 0 spiro atoms. The van der Waals surface area contributed by atoms with E-state index in [1.165, 1.54) is 49.8 Å². The van der Waals surface area contributed by atoms with E-state index in [0.29, 0.717) is 12.0 Å². The predicted octanol–water partition coefficient (Wildman–Crippen LogP) is 4.10. The zero-order chi connectivity index (χ0) is 16.9. The topological polar surface area (TPSA) is 41.0 Å². The van der Waals surface area contributed by atoms with Crippen LogP contribution in [0.4, 0.5) is 5.82 Å². The number of nitrogens with one attached hydrogen (secondary N) is 1. The number of pyridine rings is 2. The van der Waals surface area contributed by atoms with Gasteiger partial charge in [0.2, 0.25) is 0 Å². The Morgan fingerprint density at radius 1 is 1.00 bits per heavy atom. The van der Waals surface area contributed by atoms with E-state index in [1.54, 1.807) is 0 Å². The van der Waals surface area contributed by atoms with E-state index in [2.05, 4.69) is 44.5 Å². The maximum absolute atomic E-state index is 4.68. The van der Waals surface area contributed by atoms with Gasteiger partial charge in [0.15, 0.2) is 0 Å². The molecule has 25 heavy (non-hydrogen) atoms. The van der Waals surface area contributed by atoms with E-state index < -0.39 is 0 Å². The van der Waals surface area contributed by atoms with Crippen LogP contribution in [0.5, 0.6) is 0 Å². The van der Waals surface area contributed by atoms with Crippen LogP contribution in [0.25, 0.3) is 0 Å². The van der Waals surface area contributed by atoms with Gasteiger partial charge in [-0.25, -0.2) is 4.98 Å². The summed E-state index contributed by atoms with van der Waals surface area (Å²) in [7, 11) is 0. The monoisotopic (exact) mass is 336 g/mol. The maximum Gasteiger partial charge on any atom is 0.128 e. The molecule has 1 atom stereocenters. The Bertz CT molecular complexity index is 643. The lowest BCUT2D eigenvalue weighted by atomic mass is 9.94. The molecule has 1 N–H and O–H groups in total. The van der Waals surface area contributed by atoms with Crippen LogP contribution in [0, 0.1) is 5.92 Å². The number of nitrogens with zero attached hydrogens (tertiary/aromatic N) is 3. The fraction of sp³-hybridized carbons (Fsp3) is 0.524. The molecule has 2 fully saturated rings. The Morgan fingerprint density at radius 3 is 2.52 bits per heavy atom. The molecule has 1 aliphatic heterocycles. The second kappa shape index (κ2) is 7.96. The molecule has 4 nitrogen and oxygen atoms in total. The van der Waals surface area contributed by atoms with Gasteiger partial charge in [0.05, 0.1) is 11.7 Å². The second-order valence-electron chi connectivity index (χ2n) is 7.38.